The monoisotopic (exact) mass is 266 g/mol. The Kier molecular flexibility index (Phi) is 5.04. The second-order valence-electron chi connectivity index (χ2n) is 5.44. The fourth-order valence-corrected chi connectivity index (χ4v) is 2.83. The lowest BCUT2D eigenvalue weighted by Gasteiger charge is -2.20. The number of nitrogens with zero attached hydrogens (tertiary/aromatic N) is 1. The minimum Gasteiger partial charge on any atom is -0.326 e. The molecule has 1 aromatic carbocycles. The van der Waals surface area contributed by atoms with Crippen molar-refractivity contribution in [1.29, 1.82) is 0 Å². The molecule has 0 saturated carbocycles. The third kappa shape index (κ3) is 3.71. The maximum absolute atomic E-state index is 6.31. The van der Waals surface area contributed by atoms with Crippen molar-refractivity contribution in [3.05, 3.63) is 34.3 Å². The fraction of sp³-hybridized carbons (Fsp3) is 0.600. The summed E-state index contributed by atoms with van der Waals surface area (Å²) in [5.74, 6) is 0.866. The standard InChI is InChI=1S/C15H23ClN2/c1-12-3-2-7-18(8-6-12)11-14-5-4-13(10-17)9-15(14)16/h4-5,9,12H,2-3,6-8,10-11,17H2,1H3. The molecule has 1 aliphatic rings. The van der Waals surface area contributed by atoms with Crippen LogP contribution in [0.15, 0.2) is 18.2 Å². The molecule has 100 valence electrons. The summed E-state index contributed by atoms with van der Waals surface area (Å²) < 4.78 is 0. The van der Waals surface area contributed by atoms with Gasteiger partial charge in [0.1, 0.15) is 0 Å². The molecule has 0 bridgehead atoms. The van der Waals surface area contributed by atoms with E-state index in [0.717, 1.165) is 23.0 Å². The van der Waals surface area contributed by atoms with Crippen LogP contribution in [0, 0.1) is 5.92 Å². The molecule has 2 N–H and O–H groups in total. The van der Waals surface area contributed by atoms with E-state index in [1.807, 2.05) is 6.07 Å². The van der Waals surface area contributed by atoms with Crippen molar-refractivity contribution < 1.29 is 0 Å². The zero-order valence-corrected chi connectivity index (χ0v) is 11.9. The molecular weight excluding hydrogens is 244 g/mol. The molecule has 1 aromatic rings. The smallest absolute Gasteiger partial charge is 0.0454 e. The number of nitrogens with two attached hydrogens (primary N) is 1. The SMILES string of the molecule is CC1CCCN(Cc2ccc(CN)cc2Cl)CC1. The van der Waals surface area contributed by atoms with Gasteiger partial charge in [0.2, 0.25) is 0 Å². The molecule has 0 aromatic heterocycles. The summed E-state index contributed by atoms with van der Waals surface area (Å²) in [7, 11) is 0. The molecule has 1 saturated heterocycles. The average Bonchev–Trinajstić information content (AvgIpc) is 2.57. The third-order valence-electron chi connectivity index (χ3n) is 3.86. The zero-order chi connectivity index (χ0) is 13.0. The van der Waals surface area contributed by atoms with Crippen molar-refractivity contribution in [3.63, 3.8) is 0 Å². The molecule has 1 fully saturated rings. The zero-order valence-electron chi connectivity index (χ0n) is 11.2. The summed E-state index contributed by atoms with van der Waals surface area (Å²) in [6.45, 7) is 6.26. The van der Waals surface area contributed by atoms with Crippen LogP contribution < -0.4 is 5.73 Å². The molecule has 3 heteroatoms. The molecule has 1 atom stereocenters. The van der Waals surface area contributed by atoms with Gasteiger partial charge in [0.05, 0.1) is 0 Å². The predicted octanol–water partition coefficient (Wildman–Crippen LogP) is 3.42. The fourth-order valence-electron chi connectivity index (χ4n) is 2.57. The van der Waals surface area contributed by atoms with Gasteiger partial charge >= 0.3 is 0 Å². The van der Waals surface area contributed by atoms with E-state index in [9.17, 15) is 0 Å². The van der Waals surface area contributed by atoms with Gasteiger partial charge in [0.15, 0.2) is 0 Å². The Hall–Kier alpha value is -0.570. The van der Waals surface area contributed by atoms with Crippen molar-refractivity contribution in [2.75, 3.05) is 13.1 Å². The van der Waals surface area contributed by atoms with E-state index in [-0.39, 0.29) is 0 Å². The number of likely N-dealkylation sites (tertiary alicyclic amines) is 1. The highest BCUT2D eigenvalue weighted by Gasteiger charge is 2.14. The van der Waals surface area contributed by atoms with Crippen molar-refractivity contribution in [2.24, 2.45) is 11.7 Å². The minimum absolute atomic E-state index is 0.557. The maximum atomic E-state index is 6.31. The summed E-state index contributed by atoms with van der Waals surface area (Å²) in [4.78, 5) is 2.52. The van der Waals surface area contributed by atoms with Crippen LogP contribution in [0.5, 0.6) is 0 Å². The van der Waals surface area contributed by atoms with Gasteiger partial charge in [-0.15, -0.1) is 0 Å². The first-order chi connectivity index (χ1) is 8.69. The summed E-state index contributed by atoms with van der Waals surface area (Å²) in [6.07, 6.45) is 3.97. The summed E-state index contributed by atoms with van der Waals surface area (Å²) in [5.41, 5.74) is 7.95. The second-order valence-corrected chi connectivity index (χ2v) is 5.85. The first kappa shape index (κ1) is 13.9. The lowest BCUT2D eigenvalue weighted by Crippen LogP contribution is -2.24. The molecule has 1 heterocycles. The number of hydrogen-bond donors (Lipinski definition) is 1. The summed E-state index contributed by atoms with van der Waals surface area (Å²) in [6, 6.07) is 6.21. The lowest BCUT2D eigenvalue weighted by atomic mass is 10.0. The van der Waals surface area contributed by atoms with Gasteiger partial charge in [-0.1, -0.05) is 30.7 Å². The Morgan fingerprint density at radius 1 is 1.33 bits per heavy atom. The van der Waals surface area contributed by atoms with Crippen LogP contribution in [0.4, 0.5) is 0 Å². The van der Waals surface area contributed by atoms with Gasteiger partial charge in [0.25, 0.3) is 0 Å². The lowest BCUT2D eigenvalue weighted by molar-refractivity contribution is 0.273. The third-order valence-corrected chi connectivity index (χ3v) is 4.21. The topological polar surface area (TPSA) is 29.3 Å². The number of rotatable bonds is 3. The average molecular weight is 267 g/mol. The van der Waals surface area contributed by atoms with Crippen LogP contribution in [0.25, 0.3) is 0 Å². The van der Waals surface area contributed by atoms with Crippen LogP contribution in [0.2, 0.25) is 5.02 Å². The van der Waals surface area contributed by atoms with Crippen molar-refractivity contribution in [2.45, 2.75) is 39.3 Å². The van der Waals surface area contributed by atoms with E-state index in [4.69, 9.17) is 17.3 Å². The molecule has 18 heavy (non-hydrogen) atoms. The Bertz CT molecular complexity index is 392. The van der Waals surface area contributed by atoms with E-state index in [1.165, 1.54) is 37.9 Å². The van der Waals surface area contributed by atoms with Gasteiger partial charge in [-0.05, 0) is 55.5 Å². The van der Waals surface area contributed by atoms with Crippen molar-refractivity contribution in [3.8, 4) is 0 Å². The molecule has 0 spiro atoms. The van der Waals surface area contributed by atoms with Crippen LogP contribution in [0.3, 0.4) is 0 Å². The normalized spacial score (nSPS) is 21.8. The van der Waals surface area contributed by atoms with E-state index in [2.05, 4.69) is 24.0 Å². The molecule has 0 aliphatic carbocycles. The molecular formula is C15H23ClN2. The van der Waals surface area contributed by atoms with Gasteiger partial charge in [-0.2, -0.15) is 0 Å². The van der Waals surface area contributed by atoms with Gasteiger partial charge in [-0.3, -0.25) is 4.90 Å². The molecule has 0 radical (unpaired) electrons. The molecule has 0 amide bonds. The number of benzene rings is 1. The largest absolute Gasteiger partial charge is 0.326 e. The minimum atomic E-state index is 0.557. The van der Waals surface area contributed by atoms with Crippen LogP contribution in [0.1, 0.15) is 37.3 Å². The molecule has 1 aliphatic heterocycles. The van der Waals surface area contributed by atoms with Crippen molar-refractivity contribution in [1.82, 2.24) is 4.90 Å². The van der Waals surface area contributed by atoms with E-state index >= 15 is 0 Å². The van der Waals surface area contributed by atoms with Crippen LogP contribution in [-0.4, -0.2) is 18.0 Å². The Morgan fingerprint density at radius 2 is 2.17 bits per heavy atom. The second kappa shape index (κ2) is 6.55. The first-order valence-corrected chi connectivity index (χ1v) is 7.26. The quantitative estimate of drug-likeness (QED) is 0.908. The van der Waals surface area contributed by atoms with Crippen molar-refractivity contribution >= 4 is 11.6 Å². The Balaban J connectivity index is 2.00. The van der Waals surface area contributed by atoms with Gasteiger partial charge in [0, 0.05) is 18.1 Å². The van der Waals surface area contributed by atoms with E-state index in [0.29, 0.717) is 6.54 Å². The highest BCUT2D eigenvalue weighted by Crippen LogP contribution is 2.22. The number of halogens is 1. The van der Waals surface area contributed by atoms with E-state index < -0.39 is 0 Å². The maximum Gasteiger partial charge on any atom is 0.0454 e. The predicted molar refractivity (Wildman–Crippen MR) is 77.6 cm³/mol. The highest BCUT2D eigenvalue weighted by molar-refractivity contribution is 6.31. The Morgan fingerprint density at radius 3 is 2.89 bits per heavy atom. The van der Waals surface area contributed by atoms with E-state index in [1.54, 1.807) is 0 Å². The first-order valence-electron chi connectivity index (χ1n) is 6.88. The van der Waals surface area contributed by atoms with Crippen LogP contribution in [-0.2, 0) is 13.1 Å². The summed E-state index contributed by atoms with van der Waals surface area (Å²) in [5, 5.41) is 0.857. The summed E-state index contributed by atoms with van der Waals surface area (Å²) >= 11 is 6.31. The Labute approximate surface area is 115 Å². The molecule has 2 rings (SSSR count). The van der Waals surface area contributed by atoms with Crippen LogP contribution >= 0.6 is 11.6 Å². The highest BCUT2D eigenvalue weighted by atomic mass is 35.5. The van der Waals surface area contributed by atoms with Gasteiger partial charge in [-0.25, -0.2) is 0 Å². The molecule has 1 unspecified atom stereocenters. The van der Waals surface area contributed by atoms with Gasteiger partial charge < -0.3 is 5.73 Å². The molecule has 2 nitrogen and oxygen atoms in total. The number of hydrogen-bond acceptors (Lipinski definition) is 2.